The van der Waals surface area contributed by atoms with Gasteiger partial charge in [-0.05, 0) is 78.9 Å². The van der Waals surface area contributed by atoms with Crippen LogP contribution in [-0.2, 0) is 23.0 Å². The van der Waals surface area contributed by atoms with Gasteiger partial charge in [0.2, 0.25) is 0 Å². The maximum Gasteiger partial charge on any atom is 0.289 e. The van der Waals surface area contributed by atoms with Gasteiger partial charge in [0.25, 0.3) is 15.9 Å². The number of nitrogens with one attached hydrogen (secondary N) is 1. The van der Waals surface area contributed by atoms with E-state index in [0.717, 1.165) is 22.3 Å². The van der Waals surface area contributed by atoms with E-state index in [9.17, 15) is 13.2 Å². The molecule has 0 radical (unpaired) electrons. The Kier molecular flexibility index (Phi) is 4.92. The first-order chi connectivity index (χ1) is 13.8. The molecular formula is C22H22N2O4S. The van der Waals surface area contributed by atoms with E-state index in [1.165, 1.54) is 6.26 Å². The van der Waals surface area contributed by atoms with E-state index in [1.54, 1.807) is 47.4 Å². The SMILES string of the molecule is Cc1ccc(S(=O)(=O)Nc2ccc3c(c2)CN(C(=O)c2ccco2)CC3)cc1C. The van der Waals surface area contributed by atoms with Crippen molar-refractivity contribution in [2.24, 2.45) is 0 Å². The Bertz CT molecular complexity index is 1170. The lowest BCUT2D eigenvalue weighted by Gasteiger charge is -2.28. The first kappa shape index (κ1) is 19.3. The highest BCUT2D eigenvalue weighted by Gasteiger charge is 2.24. The first-order valence-corrected chi connectivity index (χ1v) is 10.9. The number of amides is 1. The second-order valence-corrected chi connectivity index (χ2v) is 8.97. The second kappa shape index (κ2) is 7.40. The van der Waals surface area contributed by atoms with E-state index in [1.807, 2.05) is 19.9 Å². The number of anilines is 1. The molecule has 0 bridgehead atoms. The lowest BCUT2D eigenvalue weighted by molar-refractivity contribution is 0.0702. The third-order valence-corrected chi connectivity index (χ3v) is 6.66. The van der Waals surface area contributed by atoms with E-state index in [0.29, 0.717) is 31.0 Å². The van der Waals surface area contributed by atoms with Crippen molar-refractivity contribution in [3.8, 4) is 0 Å². The lowest BCUT2D eigenvalue weighted by Crippen LogP contribution is -2.35. The van der Waals surface area contributed by atoms with Crippen LogP contribution in [0.1, 0.15) is 32.8 Å². The Morgan fingerprint density at radius 1 is 1.03 bits per heavy atom. The van der Waals surface area contributed by atoms with Crippen LogP contribution in [0.4, 0.5) is 5.69 Å². The molecule has 4 rings (SSSR count). The van der Waals surface area contributed by atoms with Crippen LogP contribution in [0.25, 0.3) is 0 Å². The molecule has 2 heterocycles. The molecule has 0 saturated heterocycles. The van der Waals surface area contributed by atoms with Crippen molar-refractivity contribution < 1.29 is 17.6 Å². The number of rotatable bonds is 4. The quantitative estimate of drug-likeness (QED) is 0.708. The lowest BCUT2D eigenvalue weighted by atomic mass is 9.99. The molecule has 0 aliphatic carbocycles. The van der Waals surface area contributed by atoms with Crippen molar-refractivity contribution in [1.29, 1.82) is 0 Å². The van der Waals surface area contributed by atoms with Gasteiger partial charge >= 0.3 is 0 Å². The minimum atomic E-state index is -3.69. The summed E-state index contributed by atoms with van der Waals surface area (Å²) in [6.07, 6.45) is 2.19. The monoisotopic (exact) mass is 410 g/mol. The Hall–Kier alpha value is -3.06. The van der Waals surface area contributed by atoms with Gasteiger partial charge in [-0.25, -0.2) is 8.42 Å². The van der Waals surface area contributed by atoms with Crippen molar-refractivity contribution in [1.82, 2.24) is 4.90 Å². The van der Waals surface area contributed by atoms with Gasteiger partial charge in [-0.15, -0.1) is 0 Å². The molecule has 2 aromatic carbocycles. The van der Waals surface area contributed by atoms with E-state index in [4.69, 9.17) is 4.42 Å². The number of benzene rings is 2. The average Bonchev–Trinajstić information content (AvgIpc) is 3.23. The standard InChI is InChI=1S/C22H22N2O4S/c1-15-5-8-20(12-16(15)2)29(26,27)23-19-7-6-17-9-10-24(14-18(17)13-19)22(25)21-4-3-11-28-21/h3-8,11-13,23H,9-10,14H2,1-2H3. The predicted molar refractivity (Wildman–Crippen MR) is 110 cm³/mol. The maximum absolute atomic E-state index is 12.8. The highest BCUT2D eigenvalue weighted by atomic mass is 32.2. The summed E-state index contributed by atoms with van der Waals surface area (Å²) in [6, 6.07) is 13.9. The van der Waals surface area contributed by atoms with Gasteiger partial charge in [0.1, 0.15) is 0 Å². The normalized spacial score (nSPS) is 13.8. The van der Waals surface area contributed by atoms with Crippen molar-refractivity contribution in [3.05, 3.63) is 82.8 Å². The number of carbonyl (C=O) groups excluding carboxylic acids is 1. The van der Waals surface area contributed by atoms with Gasteiger partial charge in [0.05, 0.1) is 11.2 Å². The predicted octanol–water partition coefficient (Wildman–Crippen LogP) is 3.90. The van der Waals surface area contributed by atoms with Crippen LogP contribution in [-0.4, -0.2) is 25.8 Å². The van der Waals surface area contributed by atoms with E-state index in [2.05, 4.69) is 4.72 Å². The highest BCUT2D eigenvalue weighted by Crippen LogP contribution is 2.26. The Morgan fingerprint density at radius 2 is 1.86 bits per heavy atom. The van der Waals surface area contributed by atoms with Gasteiger partial charge in [0, 0.05) is 18.8 Å². The van der Waals surface area contributed by atoms with Crippen LogP contribution in [0.2, 0.25) is 0 Å². The fourth-order valence-corrected chi connectivity index (χ4v) is 4.58. The summed E-state index contributed by atoms with van der Waals surface area (Å²) >= 11 is 0. The molecule has 6 nitrogen and oxygen atoms in total. The van der Waals surface area contributed by atoms with Crippen LogP contribution in [0, 0.1) is 13.8 Å². The number of hydrogen-bond donors (Lipinski definition) is 1. The fourth-order valence-electron chi connectivity index (χ4n) is 3.45. The summed E-state index contributed by atoms with van der Waals surface area (Å²) < 4.78 is 33.4. The summed E-state index contributed by atoms with van der Waals surface area (Å²) in [5.74, 6) is 0.141. The zero-order valence-corrected chi connectivity index (χ0v) is 17.1. The molecular weight excluding hydrogens is 388 g/mol. The first-order valence-electron chi connectivity index (χ1n) is 9.38. The van der Waals surface area contributed by atoms with Crippen LogP contribution in [0.3, 0.4) is 0 Å². The molecule has 1 aromatic heterocycles. The molecule has 3 aromatic rings. The van der Waals surface area contributed by atoms with Crippen LogP contribution in [0.5, 0.6) is 0 Å². The van der Waals surface area contributed by atoms with Crippen LogP contribution in [0.15, 0.2) is 64.1 Å². The van der Waals surface area contributed by atoms with E-state index < -0.39 is 10.0 Å². The maximum atomic E-state index is 12.8. The Labute approximate surface area is 170 Å². The molecule has 150 valence electrons. The number of hydrogen-bond acceptors (Lipinski definition) is 4. The van der Waals surface area contributed by atoms with Crippen molar-refractivity contribution in [3.63, 3.8) is 0 Å². The number of carbonyl (C=O) groups is 1. The van der Waals surface area contributed by atoms with Crippen LogP contribution < -0.4 is 4.72 Å². The zero-order chi connectivity index (χ0) is 20.6. The van der Waals surface area contributed by atoms with Gasteiger partial charge in [-0.2, -0.15) is 0 Å². The largest absolute Gasteiger partial charge is 0.459 e. The van der Waals surface area contributed by atoms with Gasteiger partial charge in [-0.3, -0.25) is 9.52 Å². The number of aryl methyl sites for hydroxylation is 2. The summed E-state index contributed by atoms with van der Waals surface area (Å²) in [6.45, 7) is 4.84. The summed E-state index contributed by atoms with van der Waals surface area (Å²) in [4.78, 5) is 14.5. The molecule has 29 heavy (non-hydrogen) atoms. The molecule has 7 heteroatoms. The molecule has 0 unspecified atom stereocenters. The van der Waals surface area contributed by atoms with Gasteiger partial charge in [-0.1, -0.05) is 12.1 Å². The molecule has 1 aliphatic rings. The van der Waals surface area contributed by atoms with E-state index >= 15 is 0 Å². The summed E-state index contributed by atoms with van der Waals surface area (Å²) in [5, 5.41) is 0. The number of sulfonamides is 1. The van der Waals surface area contributed by atoms with Crippen molar-refractivity contribution in [2.75, 3.05) is 11.3 Å². The molecule has 0 saturated carbocycles. The number of nitrogens with zero attached hydrogens (tertiary/aromatic N) is 1. The molecule has 0 fully saturated rings. The van der Waals surface area contributed by atoms with Crippen molar-refractivity contribution in [2.45, 2.75) is 31.7 Å². The summed E-state index contributed by atoms with van der Waals surface area (Å²) in [7, 11) is -3.69. The molecule has 1 aliphatic heterocycles. The topological polar surface area (TPSA) is 79.6 Å². The Balaban J connectivity index is 1.56. The van der Waals surface area contributed by atoms with Crippen LogP contribution >= 0.6 is 0 Å². The number of furan rings is 1. The molecule has 0 atom stereocenters. The van der Waals surface area contributed by atoms with Crippen molar-refractivity contribution >= 4 is 21.6 Å². The molecule has 1 amide bonds. The minimum absolute atomic E-state index is 0.165. The highest BCUT2D eigenvalue weighted by molar-refractivity contribution is 7.92. The molecule has 1 N–H and O–H groups in total. The second-order valence-electron chi connectivity index (χ2n) is 7.29. The Morgan fingerprint density at radius 3 is 2.59 bits per heavy atom. The fraction of sp³-hybridized carbons (Fsp3) is 0.227. The summed E-state index contributed by atoms with van der Waals surface area (Å²) in [5.41, 5.74) is 4.48. The zero-order valence-electron chi connectivity index (χ0n) is 16.3. The minimum Gasteiger partial charge on any atom is -0.459 e. The van der Waals surface area contributed by atoms with Gasteiger partial charge in [0.15, 0.2) is 5.76 Å². The third-order valence-electron chi connectivity index (χ3n) is 5.28. The van der Waals surface area contributed by atoms with E-state index in [-0.39, 0.29) is 10.8 Å². The average molecular weight is 410 g/mol. The third kappa shape index (κ3) is 3.91. The van der Waals surface area contributed by atoms with Gasteiger partial charge < -0.3 is 9.32 Å². The smallest absolute Gasteiger partial charge is 0.289 e. The number of fused-ring (bicyclic) bond motifs is 1. The molecule has 0 spiro atoms.